The van der Waals surface area contributed by atoms with Crippen molar-refractivity contribution in [2.75, 3.05) is 46.4 Å². The molecular formula is C19H32N4O. The molecule has 3 aliphatic rings. The Hall–Kier alpha value is -0.910. The summed E-state index contributed by atoms with van der Waals surface area (Å²) in [6.07, 6.45) is 9.55. The Balaban J connectivity index is 1.31. The summed E-state index contributed by atoms with van der Waals surface area (Å²) in [5, 5.41) is 4.29. The predicted octanol–water partition coefficient (Wildman–Crippen LogP) is 1.99. The summed E-state index contributed by atoms with van der Waals surface area (Å²) in [5.41, 5.74) is 1.82. The Morgan fingerprint density at radius 3 is 2.67 bits per heavy atom. The van der Waals surface area contributed by atoms with E-state index in [0.717, 1.165) is 31.6 Å². The minimum absolute atomic E-state index is 0.490. The molecule has 1 spiro atoms. The van der Waals surface area contributed by atoms with Gasteiger partial charge in [-0.15, -0.1) is 0 Å². The van der Waals surface area contributed by atoms with Crippen LogP contribution in [0.4, 0.5) is 0 Å². The molecule has 2 saturated heterocycles. The number of likely N-dealkylation sites (tertiary alicyclic amines) is 2. The maximum atomic E-state index is 6.09. The summed E-state index contributed by atoms with van der Waals surface area (Å²) >= 11 is 0. The molecule has 1 atom stereocenters. The standard InChI is InChI=1S/C19H32N4O/c1-21-12-18(14-24-13-16-3-4-16)19(15-21)5-7-23(8-6-19)11-17-9-20-22(2)10-17/h9-10,16,18H,3-8,11-15H2,1-2H3/t18-/m1/s1. The molecule has 5 heteroatoms. The van der Waals surface area contributed by atoms with Gasteiger partial charge in [-0.05, 0) is 57.2 Å². The van der Waals surface area contributed by atoms with Gasteiger partial charge in [-0.25, -0.2) is 0 Å². The van der Waals surface area contributed by atoms with E-state index in [1.54, 1.807) is 0 Å². The zero-order valence-electron chi connectivity index (χ0n) is 15.3. The highest BCUT2D eigenvalue weighted by atomic mass is 16.5. The zero-order valence-corrected chi connectivity index (χ0v) is 15.3. The molecule has 1 aromatic heterocycles. The number of nitrogens with zero attached hydrogens (tertiary/aromatic N) is 4. The number of hydrogen-bond donors (Lipinski definition) is 0. The molecule has 4 rings (SSSR count). The highest BCUT2D eigenvalue weighted by Crippen LogP contribution is 2.44. The van der Waals surface area contributed by atoms with E-state index in [2.05, 4.69) is 28.1 Å². The van der Waals surface area contributed by atoms with E-state index in [-0.39, 0.29) is 0 Å². The smallest absolute Gasteiger partial charge is 0.0534 e. The van der Waals surface area contributed by atoms with Gasteiger partial charge in [-0.3, -0.25) is 9.58 Å². The molecule has 134 valence electrons. The Morgan fingerprint density at radius 2 is 2.00 bits per heavy atom. The largest absolute Gasteiger partial charge is 0.381 e. The lowest BCUT2D eigenvalue weighted by Gasteiger charge is -2.42. The molecule has 0 amide bonds. The van der Waals surface area contributed by atoms with Crippen LogP contribution in [0.25, 0.3) is 0 Å². The Kier molecular flexibility index (Phi) is 4.67. The predicted molar refractivity (Wildman–Crippen MR) is 94.7 cm³/mol. The van der Waals surface area contributed by atoms with Crippen molar-refractivity contribution in [1.29, 1.82) is 0 Å². The number of hydrogen-bond acceptors (Lipinski definition) is 4. The van der Waals surface area contributed by atoms with Crippen molar-refractivity contribution in [3.8, 4) is 0 Å². The van der Waals surface area contributed by atoms with Gasteiger partial charge in [-0.2, -0.15) is 5.10 Å². The summed E-state index contributed by atoms with van der Waals surface area (Å²) < 4.78 is 7.99. The van der Waals surface area contributed by atoms with Crippen molar-refractivity contribution >= 4 is 0 Å². The number of piperidine rings is 1. The molecule has 24 heavy (non-hydrogen) atoms. The van der Waals surface area contributed by atoms with E-state index < -0.39 is 0 Å². The molecule has 0 N–H and O–H groups in total. The molecule has 1 saturated carbocycles. The van der Waals surface area contributed by atoms with E-state index in [1.165, 1.54) is 57.4 Å². The third kappa shape index (κ3) is 3.68. The number of ether oxygens (including phenoxy) is 1. The van der Waals surface area contributed by atoms with Gasteiger partial charge in [0, 0.05) is 51.0 Å². The molecule has 1 aromatic rings. The average Bonchev–Trinajstić information content (AvgIpc) is 3.21. The molecule has 5 nitrogen and oxygen atoms in total. The van der Waals surface area contributed by atoms with E-state index in [0.29, 0.717) is 5.41 Å². The first-order valence-corrected chi connectivity index (χ1v) is 9.59. The van der Waals surface area contributed by atoms with Crippen LogP contribution in [0, 0.1) is 17.3 Å². The van der Waals surface area contributed by atoms with Crippen molar-refractivity contribution in [3.05, 3.63) is 18.0 Å². The van der Waals surface area contributed by atoms with Crippen LogP contribution in [0.15, 0.2) is 12.4 Å². The molecule has 0 unspecified atom stereocenters. The van der Waals surface area contributed by atoms with Crippen molar-refractivity contribution < 1.29 is 4.74 Å². The van der Waals surface area contributed by atoms with Crippen molar-refractivity contribution in [2.45, 2.75) is 32.2 Å². The van der Waals surface area contributed by atoms with E-state index in [9.17, 15) is 0 Å². The molecule has 0 bridgehead atoms. The van der Waals surface area contributed by atoms with Crippen LogP contribution in [0.1, 0.15) is 31.2 Å². The molecule has 3 fully saturated rings. The maximum absolute atomic E-state index is 6.09. The SMILES string of the molecule is CN1C[C@H](COCC2CC2)C2(CCN(Cc3cnn(C)c3)CC2)C1. The van der Waals surface area contributed by atoms with Crippen LogP contribution < -0.4 is 0 Å². The van der Waals surface area contributed by atoms with Crippen LogP contribution >= 0.6 is 0 Å². The molecule has 3 heterocycles. The van der Waals surface area contributed by atoms with E-state index in [1.807, 2.05) is 17.9 Å². The number of rotatable bonds is 6. The van der Waals surface area contributed by atoms with Crippen molar-refractivity contribution in [3.63, 3.8) is 0 Å². The molecule has 1 aliphatic carbocycles. The topological polar surface area (TPSA) is 33.5 Å². The summed E-state index contributed by atoms with van der Waals surface area (Å²) in [5.74, 6) is 1.60. The second kappa shape index (κ2) is 6.77. The minimum Gasteiger partial charge on any atom is -0.381 e. The van der Waals surface area contributed by atoms with Gasteiger partial charge in [0.05, 0.1) is 12.8 Å². The first-order chi connectivity index (χ1) is 11.6. The Labute approximate surface area is 145 Å². The summed E-state index contributed by atoms with van der Waals surface area (Å²) in [6.45, 7) is 7.91. The summed E-state index contributed by atoms with van der Waals surface area (Å²) in [6, 6.07) is 0. The molecule has 0 aromatic carbocycles. The number of aryl methyl sites for hydroxylation is 1. The van der Waals surface area contributed by atoms with Gasteiger partial charge >= 0.3 is 0 Å². The monoisotopic (exact) mass is 332 g/mol. The molecule has 2 aliphatic heterocycles. The fraction of sp³-hybridized carbons (Fsp3) is 0.842. The van der Waals surface area contributed by atoms with Crippen LogP contribution in [0.5, 0.6) is 0 Å². The van der Waals surface area contributed by atoms with Crippen LogP contribution in [-0.4, -0.2) is 66.0 Å². The Bertz CT molecular complexity index is 545. The molecular weight excluding hydrogens is 300 g/mol. The number of aromatic nitrogens is 2. The van der Waals surface area contributed by atoms with Crippen molar-refractivity contribution in [1.82, 2.24) is 19.6 Å². The van der Waals surface area contributed by atoms with Gasteiger partial charge in [0.15, 0.2) is 0 Å². The Morgan fingerprint density at radius 1 is 1.21 bits per heavy atom. The van der Waals surface area contributed by atoms with Gasteiger partial charge in [0.2, 0.25) is 0 Å². The summed E-state index contributed by atoms with van der Waals surface area (Å²) in [4.78, 5) is 5.13. The van der Waals surface area contributed by atoms with Crippen molar-refractivity contribution in [2.24, 2.45) is 24.3 Å². The maximum Gasteiger partial charge on any atom is 0.0534 e. The fourth-order valence-electron chi connectivity index (χ4n) is 4.73. The first-order valence-electron chi connectivity index (χ1n) is 9.59. The highest BCUT2D eigenvalue weighted by molar-refractivity contribution is 5.05. The van der Waals surface area contributed by atoms with E-state index in [4.69, 9.17) is 4.74 Å². The highest BCUT2D eigenvalue weighted by Gasteiger charge is 2.46. The van der Waals surface area contributed by atoms with E-state index >= 15 is 0 Å². The van der Waals surface area contributed by atoms with Gasteiger partial charge in [-0.1, -0.05) is 0 Å². The third-order valence-corrected chi connectivity index (χ3v) is 6.37. The quantitative estimate of drug-likeness (QED) is 0.798. The molecule has 0 radical (unpaired) electrons. The first kappa shape index (κ1) is 16.6. The third-order valence-electron chi connectivity index (χ3n) is 6.37. The van der Waals surface area contributed by atoms with Gasteiger partial charge in [0.25, 0.3) is 0 Å². The van der Waals surface area contributed by atoms with Crippen LogP contribution in [0.3, 0.4) is 0 Å². The van der Waals surface area contributed by atoms with Crippen LogP contribution in [-0.2, 0) is 18.3 Å². The fourth-order valence-corrected chi connectivity index (χ4v) is 4.73. The zero-order chi connectivity index (χ0) is 16.6. The second-order valence-electron chi connectivity index (χ2n) is 8.54. The summed E-state index contributed by atoms with van der Waals surface area (Å²) in [7, 11) is 4.28. The average molecular weight is 332 g/mol. The second-order valence-corrected chi connectivity index (χ2v) is 8.54. The van der Waals surface area contributed by atoms with Gasteiger partial charge < -0.3 is 9.64 Å². The minimum atomic E-state index is 0.490. The van der Waals surface area contributed by atoms with Crippen LogP contribution in [0.2, 0.25) is 0 Å². The lowest BCUT2D eigenvalue weighted by molar-refractivity contribution is 0.0167. The van der Waals surface area contributed by atoms with Gasteiger partial charge in [0.1, 0.15) is 0 Å². The normalized spacial score (nSPS) is 28.0. The lowest BCUT2D eigenvalue weighted by atomic mass is 9.71. The lowest BCUT2D eigenvalue weighted by Crippen LogP contribution is -2.44.